The molecule has 2 unspecified atom stereocenters. The molecule has 0 radical (unpaired) electrons. The van der Waals surface area contributed by atoms with Crippen molar-refractivity contribution in [1.82, 2.24) is 0 Å². The van der Waals surface area contributed by atoms with Gasteiger partial charge in [-0.2, -0.15) is 13.2 Å². The van der Waals surface area contributed by atoms with E-state index in [-0.39, 0.29) is 0 Å². The molecule has 16 heavy (non-hydrogen) atoms. The van der Waals surface area contributed by atoms with Crippen molar-refractivity contribution in [2.45, 2.75) is 25.3 Å². The van der Waals surface area contributed by atoms with Crippen LogP contribution < -0.4 is 5.73 Å². The fourth-order valence-corrected chi connectivity index (χ4v) is 1.32. The molecule has 0 aliphatic carbocycles. The summed E-state index contributed by atoms with van der Waals surface area (Å²) >= 11 is 0. The summed E-state index contributed by atoms with van der Waals surface area (Å²) < 4.78 is 42.1. The first-order valence-electron chi connectivity index (χ1n) is 4.92. The molecule has 0 bridgehead atoms. The zero-order valence-electron chi connectivity index (χ0n) is 8.87. The lowest BCUT2D eigenvalue weighted by atomic mass is 10.1. The summed E-state index contributed by atoms with van der Waals surface area (Å²) in [6.45, 7) is 1.00. The fraction of sp³-hybridized carbons (Fsp3) is 0.455. The lowest BCUT2D eigenvalue weighted by Gasteiger charge is -2.23. The summed E-state index contributed by atoms with van der Waals surface area (Å²) in [7, 11) is 0. The Morgan fingerprint density at radius 3 is 2.25 bits per heavy atom. The summed E-state index contributed by atoms with van der Waals surface area (Å²) in [6, 6.07) is 8.73. The van der Waals surface area contributed by atoms with Gasteiger partial charge in [0.1, 0.15) is 0 Å². The third kappa shape index (κ3) is 3.50. The normalized spacial score (nSPS) is 15.8. The fourth-order valence-electron chi connectivity index (χ4n) is 1.32. The first-order chi connectivity index (χ1) is 7.45. The van der Waals surface area contributed by atoms with Crippen LogP contribution in [0.5, 0.6) is 0 Å². The molecule has 90 valence electrons. The predicted molar refractivity (Wildman–Crippen MR) is 54.8 cm³/mol. The van der Waals surface area contributed by atoms with E-state index in [1.165, 1.54) is 0 Å². The predicted octanol–water partition coefficient (Wildman–Crippen LogP) is 2.65. The number of hydrogen-bond acceptors (Lipinski definition) is 2. The zero-order chi connectivity index (χ0) is 12.2. The van der Waals surface area contributed by atoms with Crippen molar-refractivity contribution < 1.29 is 17.9 Å². The number of ether oxygens (including phenoxy) is 1. The highest BCUT2D eigenvalue weighted by atomic mass is 19.4. The second-order valence-electron chi connectivity index (χ2n) is 3.45. The maximum atomic E-state index is 12.4. The van der Waals surface area contributed by atoms with Gasteiger partial charge in [0.15, 0.2) is 6.10 Å². The molecule has 0 spiro atoms. The molecule has 1 rings (SSSR count). The highest BCUT2D eigenvalue weighted by molar-refractivity contribution is 5.16. The number of nitrogens with two attached hydrogens (primary N) is 1. The molecule has 0 amide bonds. The van der Waals surface area contributed by atoms with E-state index in [0.717, 1.165) is 0 Å². The molecular weight excluding hydrogens is 219 g/mol. The number of rotatable bonds is 4. The Bertz CT molecular complexity index is 313. The quantitative estimate of drug-likeness (QED) is 0.867. The molecular formula is C11H14F3NO. The molecule has 0 aliphatic heterocycles. The van der Waals surface area contributed by atoms with Crippen LogP contribution in [0, 0.1) is 0 Å². The largest absolute Gasteiger partial charge is 0.415 e. The minimum atomic E-state index is -4.42. The number of alkyl halides is 3. The van der Waals surface area contributed by atoms with Crippen molar-refractivity contribution in [2.24, 2.45) is 5.73 Å². The third-order valence-corrected chi connectivity index (χ3v) is 2.22. The molecule has 2 N–H and O–H groups in total. The van der Waals surface area contributed by atoms with Crippen molar-refractivity contribution in [3.63, 3.8) is 0 Å². The van der Waals surface area contributed by atoms with E-state index < -0.39 is 24.9 Å². The Labute approximate surface area is 92.2 Å². The Morgan fingerprint density at radius 1 is 1.25 bits per heavy atom. The Hall–Kier alpha value is -1.07. The van der Waals surface area contributed by atoms with Gasteiger partial charge < -0.3 is 10.5 Å². The smallest absolute Gasteiger partial charge is 0.360 e. The molecule has 0 fully saturated rings. The van der Waals surface area contributed by atoms with E-state index in [9.17, 15) is 13.2 Å². The Morgan fingerprint density at radius 2 is 1.81 bits per heavy atom. The average Bonchev–Trinajstić information content (AvgIpc) is 2.25. The minimum absolute atomic E-state index is 0.569. The first-order valence-corrected chi connectivity index (χ1v) is 4.92. The highest BCUT2D eigenvalue weighted by Gasteiger charge is 2.40. The van der Waals surface area contributed by atoms with Gasteiger partial charge in [-0.05, 0) is 12.5 Å². The van der Waals surface area contributed by atoms with E-state index in [2.05, 4.69) is 0 Å². The molecule has 5 heteroatoms. The van der Waals surface area contributed by atoms with Gasteiger partial charge in [0.05, 0.1) is 6.10 Å². The number of hydrogen-bond donors (Lipinski definition) is 1. The van der Waals surface area contributed by atoms with Gasteiger partial charge >= 0.3 is 6.18 Å². The molecule has 1 aromatic carbocycles. The summed E-state index contributed by atoms with van der Waals surface area (Å²) in [6.07, 6.45) is -6.96. The van der Waals surface area contributed by atoms with Crippen LogP contribution in [0.4, 0.5) is 13.2 Å². The maximum Gasteiger partial charge on any atom is 0.415 e. The average molecular weight is 233 g/mol. The lowest BCUT2D eigenvalue weighted by Crippen LogP contribution is -2.38. The zero-order valence-corrected chi connectivity index (χ0v) is 8.87. The molecule has 0 heterocycles. The van der Waals surface area contributed by atoms with E-state index in [1.54, 1.807) is 37.3 Å². The highest BCUT2D eigenvalue weighted by Crippen LogP contribution is 2.27. The van der Waals surface area contributed by atoms with Gasteiger partial charge in [-0.15, -0.1) is 0 Å². The van der Waals surface area contributed by atoms with E-state index >= 15 is 0 Å². The van der Waals surface area contributed by atoms with Crippen LogP contribution in [0.3, 0.4) is 0 Å². The summed E-state index contributed by atoms with van der Waals surface area (Å²) in [4.78, 5) is 0. The van der Waals surface area contributed by atoms with Gasteiger partial charge in [-0.1, -0.05) is 30.3 Å². The topological polar surface area (TPSA) is 35.2 Å². The van der Waals surface area contributed by atoms with Crippen molar-refractivity contribution in [3.8, 4) is 0 Å². The molecule has 0 saturated heterocycles. The first kappa shape index (κ1) is 13.0. The van der Waals surface area contributed by atoms with Gasteiger partial charge in [-0.3, -0.25) is 0 Å². The molecule has 2 atom stereocenters. The van der Waals surface area contributed by atoms with Crippen LogP contribution in [0.1, 0.15) is 18.6 Å². The van der Waals surface area contributed by atoms with E-state index in [0.29, 0.717) is 5.56 Å². The van der Waals surface area contributed by atoms with Crippen LogP contribution in [0.25, 0.3) is 0 Å². The summed E-state index contributed by atoms with van der Waals surface area (Å²) in [5.41, 5.74) is 5.74. The van der Waals surface area contributed by atoms with Gasteiger partial charge in [0.2, 0.25) is 0 Å². The minimum Gasteiger partial charge on any atom is -0.360 e. The molecule has 1 aromatic rings. The van der Waals surface area contributed by atoms with Crippen molar-refractivity contribution >= 4 is 0 Å². The summed E-state index contributed by atoms with van der Waals surface area (Å²) in [5, 5.41) is 0. The summed E-state index contributed by atoms with van der Waals surface area (Å²) in [5.74, 6) is 0. The lowest BCUT2D eigenvalue weighted by molar-refractivity contribution is -0.228. The second-order valence-corrected chi connectivity index (χ2v) is 3.45. The SMILES string of the molecule is CC(OC(CN)C(F)(F)F)c1ccccc1. The third-order valence-electron chi connectivity index (χ3n) is 2.22. The van der Waals surface area contributed by atoms with Crippen molar-refractivity contribution in [3.05, 3.63) is 35.9 Å². The molecule has 2 nitrogen and oxygen atoms in total. The van der Waals surface area contributed by atoms with Crippen LogP contribution in [0.15, 0.2) is 30.3 Å². The second kappa shape index (κ2) is 5.32. The standard InChI is InChI=1S/C11H14F3NO/c1-8(9-5-3-2-4-6-9)16-10(7-15)11(12,13)14/h2-6,8,10H,7,15H2,1H3. The van der Waals surface area contributed by atoms with E-state index in [4.69, 9.17) is 10.5 Å². The number of halogens is 3. The van der Waals surface area contributed by atoms with Crippen LogP contribution in [-0.2, 0) is 4.74 Å². The van der Waals surface area contributed by atoms with Gasteiger partial charge in [-0.25, -0.2) is 0 Å². The van der Waals surface area contributed by atoms with Gasteiger partial charge in [0, 0.05) is 6.54 Å². The van der Waals surface area contributed by atoms with Gasteiger partial charge in [0.25, 0.3) is 0 Å². The van der Waals surface area contributed by atoms with Crippen LogP contribution in [-0.4, -0.2) is 18.8 Å². The monoisotopic (exact) mass is 233 g/mol. The van der Waals surface area contributed by atoms with Crippen molar-refractivity contribution in [1.29, 1.82) is 0 Å². The Kier molecular flexibility index (Phi) is 4.32. The maximum absolute atomic E-state index is 12.4. The van der Waals surface area contributed by atoms with Crippen molar-refractivity contribution in [2.75, 3.05) is 6.54 Å². The van der Waals surface area contributed by atoms with Crippen LogP contribution in [0.2, 0.25) is 0 Å². The molecule has 0 aliphatic rings. The van der Waals surface area contributed by atoms with Crippen LogP contribution >= 0.6 is 0 Å². The Balaban J connectivity index is 2.67. The number of benzene rings is 1. The molecule has 0 saturated carbocycles. The molecule has 0 aromatic heterocycles. The van der Waals surface area contributed by atoms with E-state index in [1.807, 2.05) is 0 Å².